The zero-order chi connectivity index (χ0) is 18.5. The molecule has 3 atom stereocenters. The van der Waals surface area contributed by atoms with Crippen LogP contribution in [0.1, 0.15) is 32.3 Å². The fourth-order valence-corrected chi connectivity index (χ4v) is 4.31. The second kappa shape index (κ2) is 6.63. The number of allylic oxidation sites excluding steroid dienone is 2. The lowest BCUT2D eigenvalue weighted by atomic mass is 9.82. The van der Waals surface area contributed by atoms with Crippen molar-refractivity contribution < 1.29 is 18.3 Å². The first kappa shape index (κ1) is 18.0. The molecule has 1 aliphatic carbocycles. The van der Waals surface area contributed by atoms with E-state index in [1.54, 1.807) is 25.1 Å². The van der Waals surface area contributed by atoms with Crippen LogP contribution in [0.5, 0.6) is 0 Å². The van der Waals surface area contributed by atoms with E-state index in [1.807, 2.05) is 6.92 Å². The molecule has 2 fully saturated rings. The van der Waals surface area contributed by atoms with E-state index in [0.717, 1.165) is 25.9 Å². The van der Waals surface area contributed by atoms with Crippen molar-refractivity contribution in [3.05, 3.63) is 57.8 Å². The van der Waals surface area contributed by atoms with E-state index < -0.39 is 17.7 Å². The van der Waals surface area contributed by atoms with Gasteiger partial charge in [0.1, 0.15) is 23.5 Å². The van der Waals surface area contributed by atoms with Crippen molar-refractivity contribution in [2.24, 2.45) is 11.8 Å². The third kappa shape index (κ3) is 2.96. The first-order valence-electron chi connectivity index (χ1n) is 9.04. The van der Waals surface area contributed by atoms with Gasteiger partial charge in [-0.1, -0.05) is 18.5 Å². The Labute approximate surface area is 157 Å². The molecule has 0 spiro atoms. The lowest BCUT2D eigenvalue weighted by Gasteiger charge is -2.30. The maximum absolute atomic E-state index is 14.9. The highest BCUT2D eigenvalue weighted by atomic mass is 35.5. The van der Waals surface area contributed by atoms with E-state index in [4.69, 9.17) is 21.1 Å². The Balaban J connectivity index is 1.75. The number of hydrogen-bond donors (Lipinski definition) is 1. The lowest BCUT2D eigenvalue weighted by Crippen LogP contribution is -2.32. The van der Waals surface area contributed by atoms with Crippen molar-refractivity contribution in [3.63, 3.8) is 0 Å². The fourth-order valence-electron chi connectivity index (χ4n) is 4.15. The Kier molecular flexibility index (Phi) is 4.58. The quantitative estimate of drug-likeness (QED) is 0.796. The number of nitrogens with one attached hydrogen (secondary N) is 1. The lowest BCUT2D eigenvalue weighted by molar-refractivity contribution is -0.162. The van der Waals surface area contributed by atoms with Crippen LogP contribution in [-0.2, 0) is 15.3 Å². The van der Waals surface area contributed by atoms with Crippen LogP contribution in [0.4, 0.5) is 8.78 Å². The van der Waals surface area contributed by atoms with Gasteiger partial charge >= 0.3 is 0 Å². The third-order valence-corrected chi connectivity index (χ3v) is 5.73. The molecular formula is C20H22ClF2NO2. The summed E-state index contributed by atoms with van der Waals surface area (Å²) in [5.74, 6) is -1.63. The van der Waals surface area contributed by atoms with Gasteiger partial charge < -0.3 is 14.8 Å². The largest absolute Gasteiger partial charge is 0.459 e. The molecule has 0 radical (unpaired) electrons. The van der Waals surface area contributed by atoms with E-state index in [1.165, 1.54) is 6.07 Å². The normalized spacial score (nSPS) is 32.3. The zero-order valence-corrected chi connectivity index (χ0v) is 15.6. The average molecular weight is 382 g/mol. The molecule has 2 aliphatic heterocycles. The van der Waals surface area contributed by atoms with Crippen molar-refractivity contribution in [1.29, 1.82) is 0 Å². The Bertz CT molecular complexity index is 788. The highest BCUT2D eigenvalue weighted by Gasteiger charge is 2.50. The summed E-state index contributed by atoms with van der Waals surface area (Å²) in [6.45, 7) is 5.25. The SMILES string of the molecule is CC1C=C(F)C(C2CCNCC2)=C2OC(C)(c3ccc(Cl)cc3F)OC21. The summed E-state index contributed by atoms with van der Waals surface area (Å²) >= 11 is 5.86. The van der Waals surface area contributed by atoms with Gasteiger partial charge in [-0.2, -0.15) is 0 Å². The van der Waals surface area contributed by atoms with Crippen molar-refractivity contribution in [1.82, 2.24) is 5.32 Å². The molecule has 1 N–H and O–H groups in total. The van der Waals surface area contributed by atoms with Crippen molar-refractivity contribution in [3.8, 4) is 0 Å². The van der Waals surface area contributed by atoms with Crippen LogP contribution >= 0.6 is 11.6 Å². The monoisotopic (exact) mass is 381 g/mol. The van der Waals surface area contributed by atoms with E-state index in [9.17, 15) is 8.78 Å². The van der Waals surface area contributed by atoms with E-state index >= 15 is 0 Å². The molecule has 3 nitrogen and oxygen atoms in total. The number of halogens is 3. The number of ether oxygens (including phenoxy) is 2. The topological polar surface area (TPSA) is 30.5 Å². The predicted octanol–water partition coefficient (Wildman–Crippen LogP) is 4.82. The number of benzene rings is 1. The molecule has 140 valence electrons. The molecule has 1 aromatic carbocycles. The van der Waals surface area contributed by atoms with Crippen LogP contribution < -0.4 is 5.32 Å². The molecule has 0 aromatic heterocycles. The fraction of sp³-hybridized carbons (Fsp3) is 0.500. The molecule has 2 saturated heterocycles. The minimum atomic E-state index is -1.31. The number of hydrogen-bond acceptors (Lipinski definition) is 3. The molecular weight excluding hydrogens is 360 g/mol. The first-order valence-corrected chi connectivity index (χ1v) is 9.41. The molecule has 0 saturated carbocycles. The van der Waals surface area contributed by atoms with Gasteiger partial charge in [-0.05, 0) is 56.1 Å². The Morgan fingerprint density at radius 1 is 1.23 bits per heavy atom. The molecule has 0 bridgehead atoms. The summed E-state index contributed by atoms with van der Waals surface area (Å²) in [4.78, 5) is 0. The van der Waals surface area contributed by atoms with Crippen LogP contribution in [0.3, 0.4) is 0 Å². The summed E-state index contributed by atoms with van der Waals surface area (Å²) in [6.07, 6.45) is 2.87. The molecule has 3 unspecified atom stereocenters. The van der Waals surface area contributed by atoms with Gasteiger partial charge in [0.2, 0.25) is 5.79 Å². The summed E-state index contributed by atoms with van der Waals surface area (Å²) < 4.78 is 41.6. The second-order valence-corrected chi connectivity index (χ2v) is 7.82. The predicted molar refractivity (Wildman–Crippen MR) is 95.7 cm³/mol. The smallest absolute Gasteiger partial charge is 0.237 e. The minimum Gasteiger partial charge on any atom is -0.459 e. The van der Waals surface area contributed by atoms with E-state index in [0.29, 0.717) is 16.4 Å². The Morgan fingerprint density at radius 3 is 2.65 bits per heavy atom. The van der Waals surface area contributed by atoms with Crippen LogP contribution in [-0.4, -0.2) is 19.2 Å². The number of piperidine rings is 1. The molecule has 6 heteroatoms. The maximum Gasteiger partial charge on any atom is 0.237 e. The van der Waals surface area contributed by atoms with Crippen LogP contribution in [0, 0.1) is 17.7 Å². The highest BCUT2D eigenvalue weighted by molar-refractivity contribution is 6.30. The Hall–Kier alpha value is -1.43. The molecule has 4 rings (SSSR count). The standard InChI is InChI=1S/C20H22ClF2NO2/c1-11-9-16(23)17(12-5-7-24-8-6-12)19-18(11)25-20(2,26-19)14-4-3-13(21)10-15(14)22/h3-4,9-12,18,24H,5-8H2,1-2H3. The molecule has 3 aliphatic rings. The molecule has 1 aromatic rings. The van der Waals surface area contributed by atoms with Gasteiger partial charge in [0.15, 0.2) is 0 Å². The first-order chi connectivity index (χ1) is 12.4. The van der Waals surface area contributed by atoms with Crippen molar-refractivity contribution in [2.75, 3.05) is 13.1 Å². The minimum absolute atomic E-state index is 0.0820. The average Bonchev–Trinajstić information content (AvgIpc) is 2.94. The maximum atomic E-state index is 14.9. The van der Waals surface area contributed by atoms with Crippen LogP contribution in [0.25, 0.3) is 0 Å². The van der Waals surface area contributed by atoms with Gasteiger partial charge in [-0.15, -0.1) is 0 Å². The molecule has 0 amide bonds. The number of rotatable bonds is 2. The molecule has 26 heavy (non-hydrogen) atoms. The van der Waals surface area contributed by atoms with Crippen molar-refractivity contribution in [2.45, 2.75) is 38.6 Å². The van der Waals surface area contributed by atoms with Gasteiger partial charge in [-0.3, -0.25) is 0 Å². The van der Waals surface area contributed by atoms with Gasteiger partial charge in [0.05, 0.1) is 5.56 Å². The zero-order valence-electron chi connectivity index (χ0n) is 14.8. The van der Waals surface area contributed by atoms with Crippen LogP contribution in [0.2, 0.25) is 5.02 Å². The van der Waals surface area contributed by atoms with E-state index in [-0.39, 0.29) is 23.2 Å². The highest BCUT2D eigenvalue weighted by Crippen LogP contribution is 2.49. The summed E-state index contributed by atoms with van der Waals surface area (Å²) in [5.41, 5.74) is 0.855. The van der Waals surface area contributed by atoms with Crippen LogP contribution in [0.15, 0.2) is 41.4 Å². The Morgan fingerprint density at radius 2 is 1.96 bits per heavy atom. The molecule has 2 heterocycles. The number of fused-ring (bicyclic) bond motifs is 1. The van der Waals surface area contributed by atoms with Gasteiger partial charge in [-0.25, -0.2) is 8.78 Å². The van der Waals surface area contributed by atoms with E-state index in [2.05, 4.69) is 5.32 Å². The second-order valence-electron chi connectivity index (χ2n) is 7.39. The third-order valence-electron chi connectivity index (χ3n) is 5.49. The van der Waals surface area contributed by atoms with Gasteiger partial charge in [0.25, 0.3) is 0 Å². The summed E-state index contributed by atoms with van der Waals surface area (Å²) in [7, 11) is 0. The summed E-state index contributed by atoms with van der Waals surface area (Å²) in [5, 5.41) is 3.60. The van der Waals surface area contributed by atoms with Gasteiger partial charge in [0, 0.05) is 23.4 Å². The van der Waals surface area contributed by atoms with Crippen molar-refractivity contribution >= 4 is 11.6 Å². The summed E-state index contributed by atoms with van der Waals surface area (Å²) in [6, 6.07) is 4.40.